The van der Waals surface area contributed by atoms with Crippen molar-refractivity contribution in [2.75, 3.05) is 25.5 Å². The fraction of sp³-hybridized carbons (Fsp3) is 0.625. The number of aryl methyl sites for hydroxylation is 3. The molecule has 0 N–H and O–H groups in total. The molecule has 5 heteroatoms. The summed E-state index contributed by atoms with van der Waals surface area (Å²) in [7, 11) is 0. The van der Waals surface area contributed by atoms with Gasteiger partial charge in [-0.25, -0.2) is 9.97 Å². The molecule has 0 amide bonds. The minimum absolute atomic E-state index is 0.606. The number of nitrogens with zero attached hydrogens (tertiary/aromatic N) is 4. The first-order valence-electron chi connectivity index (χ1n) is 7.88. The number of imidazole rings is 1. The lowest BCUT2D eigenvalue weighted by molar-refractivity contribution is 0.325. The van der Waals surface area contributed by atoms with Gasteiger partial charge in [0, 0.05) is 25.0 Å². The third-order valence-corrected chi connectivity index (χ3v) is 4.48. The Morgan fingerprint density at radius 1 is 1.24 bits per heavy atom. The molecule has 2 aromatic heterocycles. The maximum absolute atomic E-state index is 5.93. The molecule has 0 radical (unpaired) electrons. The lowest BCUT2D eigenvalue weighted by Gasteiger charge is -2.15. The number of rotatable bonds is 6. The summed E-state index contributed by atoms with van der Waals surface area (Å²) in [6.07, 6.45) is 6.54. The average molecular weight is 307 g/mol. The molecular weight excluding hydrogens is 284 g/mol. The first-order valence-corrected chi connectivity index (χ1v) is 8.42. The van der Waals surface area contributed by atoms with E-state index in [1.807, 2.05) is 12.3 Å². The van der Waals surface area contributed by atoms with E-state index in [1.165, 1.54) is 38.0 Å². The van der Waals surface area contributed by atoms with Crippen molar-refractivity contribution < 1.29 is 0 Å². The Morgan fingerprint density at radius 3 is 2.81 bits per heavy atom. The Labute approximate surface area is 131 Å². The van der Waals surface area contributed by atoms with Gasteiger partial charge in [0.2, 0.25) is 0 Å². The SMILES string of the molecule is Cc1ccnc2c1nc(CCCl)n2CCCN1CCCC1. The van der Waals surface area contributed by atoms with E-state index in [4.69, 9.17) is 16.6 Å². The van der Waals surface area contributed by atoms with Crippen molar-refractivity contribution in [3.8, 4) is 0 Å². The molecule has 0 spiro atoms. The molecule has 0 aromatic carbocycles. The zero-order valence-electron chi connectivity index (χ0n) is 12.7. The van der Waals surface area contributed by atoms with Crippen molar-refractivity contribution in [3.05, 3.63) is 23.7 Å². The predicted molar refractivity (Wildman–Crippen MR) is 87.0 cm³/mol. The topological polar surface area (TPSA) is 34.0 Å². The van der Waals surface area contributed by atoms with Gasteiger partial charge in [-0.15, -0.1) is 11.6 Å². The van der Waals surface area contributed by atoms with E-state index >= 15 is 0 Å². The van der Waals surface area contributed by atoms with Crippen LogP contribution >= 0.6 is 11.6 Å². The van der Waals surface area contributed by atoms with Crippen LogP contribution in [0.4, 0.5) is 0 Å². The van der Waals surface area contributed by atoms with E-state index in [9.17, 15) is 0 Å². The highest BCUT2D eigenvalue weighted by atomic mass is 35.5. The minimum Gasteiger partial charge on any atom is -0.313 e. The Morgan fingerprint density at radius 2 is 2.05 bits per heavy atom. The van der Waals surface area contributed by atoms with Gasteiger partial charge in [0.1, 0.15) is 11.3 Å². The van der Waals surface area contributed by atoms with Crippen LogP contribution in [0.2, 0.25) is 0 Å². The van der Waals surface area contributed by atoms with Crippen LogP contribution in [0.15, 0.2) is 12.3 Å². The molecule has 3 rings (SSSR count). The first kappa shape index (κ1) is 14.8. The summed E-state index contributed by atoms with van der Waals surface area (Å²) in [5, 5.41) is 0. The molecule has 0 bridgehead atoms. The normalized spacial score (nSPS) is 16.1. The van der Waals surface area contributed by atoms with E-state index in [0.29, 0.717) is 5.88 Å². The first-order chi connectivity index (χ1) is 10.3. The molecule has 3 heterocycles. The maximum atomic E-state index is 5.93. The Hall–Kier alpha value is -1.13. The fourth-order valence-electron chi connectivity index (χ4n) is 3.15. The lowest BCUT2D eigenvalue weighted by Crippen LogP contribution is -2.22. The average Bonchev–Trinajstić information content (AvgIpc) is 3.09. The number of halogens is 1. The quantitative estimate of drug-likeness (QED) is 0.769. The van der Waals surface area contributed by atoms with Crippen molar-refractivity contribution in [1.82, 2.24) is 19.4 Å². The summed E-state index contributed by atoms with van der Waals surface area (Å²) >= 11 is 5.93. The zero-order chi connectivity index (χ0) is 14.7. The Bertz CT molecular complexity index is 602. The number of aromatic nitrogens is 3. The number of hydrogen-bond donors (Lipinski definition) is 0. The standard InChI is InChI=1S/C16H23ClN4/c1-13-6-8-18-16-15(13)19-14(5-7-17)21(16)12-4-11-20-9-2-3-10-20/h6,8H,2-5,7,9-12H2,1H3. The van der Waals surface area contributed by atoms with Gasteiger partial charge in [-0.1, -0.05) is 0 Å². The van der Waals surface area contributed by atoms with Gasteiger partial charge in [-0.05, 0) is 57.5 Å². The molecule has 1 saturated heterocycles. The molecule has 0 atom stereocenters. The van der Waals surface area contributed by atoms with E-state index in [-0.39, 0.29) is 0 Å². The molecule has 0 unspecified atom stereocenters. The monoisotopic (exact) mass is 306 g/mol. The molecule has 2 aromatic rings. The highest BCUT2D eigenvalue weighted by Gasteiger charge is 2.14. The lowest BCUT2D eigenvalue weighted by atomic mass is 10.3. The summed E-state index contributed by atoms with van der Waals surface area (Å²) in [6.45, 7) is 6.77. The smallest absolute Gasteiger partial charge is 0.160 e. The van der Waals surface area contributed by atoms with E-state index < -0.39 is 0 Å². The van der Waals surface area contributed by atoms with Crippen molar-refractivity contribution >= 4 is 22.8 Å². The molecule has 1 fully saturated rings. The van der Waals surface area contributed by atoms with Gasteiger partial charge in [0.05, 0.1) is 0 Å². The number of fused-ring (bicyclic) bond motifs is 1. The van der Waals surface area contributed by atoms with Crippen LogP contribution < -0.4 is 0 Å². The molecule has 0 aliphatic carbocycles. The fourth-order valence-corrected chi connectivity index (χ4v) is 3.32. The molecular formula is C16H23ClN4. The van der Waals surface area contributed by atoms with Gasteiger partial charge in [-0.2, -0.15) is 0 Å². The summed E-state index contributed by atoms with van der Waals surface area (Å²) in [5.41, 5.74) is 3.23. The molecule has 21 heavy (non-hydrogen) atoms. The Kier molecular flexibility index (Phi) is 4.76. The van der Waals surface area contributed by atoms with Crippen molar-refractivity contribution in [1.29, 1.82) is 0 Å². The largest absolute Gasteiger partial charge is 0.313 e. The summed E-state index contributed by atoms with van der Waals surface area (Å²) in [6, 6.07) is 2.02. The molecule has 4 nitrogen and oxygen atoms in total. The number of likely N-dealkylation sites (tertiary alicyclic amines) is 1. The van der Waals surface area contributed by atoms with Crippen molar-refractivity contribution in [3.63, 3.8) is 0 Å². The molecule has 1 aliphatic rings. The van der Waals surface area contributed by atoms with Crippen LogP contribution in [0.3, 0.4) is 0 Å². The third kappa shape index (κ3) is 3.22. The van der Waals surface area contributed by atoms with Crippen molar-refractivity contribution in [2.45, 2.75) is 39.2 Å². The Balaban J connectivity index is 1.78. The number of hydrogen-bond acceptors (Lipinski definition) is 3. The molecule has 1 aliphatic heterocycles. The maximum Gasteiger partial charge on any atom is 0.160 e. The van der Waals surface area contributed by atoms with E-state index in [2.05, 4.69) is 21.4 Å². The number of alkyl halides is 1. The summed E-state index contributed by atoms with van der Waals surface area (Å²) < 4.78 is 2.26. The minimum atomic E-state index is 0.606. The number of pyridine rings is 1. The highest BCUT2D eigenvalue weighted by molar-refractivity contribution is 6.17. The van der Waals surface area contributed by atoms with Crippen LogP contribution in [0.25, 0.3) is 11.2 Å². The zero-order valence-corrected chi connectivity index (χ0v) is 13.4. The van der Waals surface area contributed by atoms with Gasteiger partial charge in [-0.3, -0.25) is 0 Å². The second-order valence-corrected chi connectivity index (χ2v) is 6.20. The van der Waals surface area contributed by atoms with E-state index in [1.54, 1.807) is 0 Å². The highest BCUT2D eigenvalue weighted by Crippen LogP contribution is 2.19. The second kappa shape index (κ2) is 6.75. The van der Waals surface area contributed by atoms with Crippen LogP contribution in [0, 0.1) is 6.92 Å². The third-order valence-electron chi connectivity index (χ3n) is 4.29. The van der Waals surface area contributed by atoms with Crippen LogP contribution in [-0.4, -0.2) is 44.9 Å². The van der Waals surface area contributed by atoms with Crippen LogP contribution in [-0.2, 0) is 13.0 Å². The summed E-state index contributed by atoms with van der Waals surface area (Å²) in [4.78, 5) is 11.8. The van der Waals surface area contributed by atoms with Gasteiger partial charge in [0.15, 0.2) is 5.65 Å². The van der Waals surface area contributed by atoms with Crippen molar-refractivity contribution in [2.24, 2.45) is 0 Å². The van der Waals surface area contributed by atoms with Gasteiger partial charge in [0.25, 0.3) is 0 Å². The van der Waals surface area contributed by atoms with Crippen LogP contribution in [0.5, 0.6) is 0 Å². The van der Waals surface area contributed by atoms with Gasteiger partial charge >= 0.3 is 0 Å². The van der Waals surface area contributed by atoms with E-state index in [0.717, 1.165) is 36.4 Å². The molecule has 0 saturated carbocycles. The summed E-state index contributed by atoms with van der Waals surface area (Å²) in [5.74, 6) is 1.68. The van der Waals surface area contributed by atoms with Crippen LogP contribution in [0.1, 0.15) is 30.7 Å². The second-order valence-electron chi connectivity index (χ2n) is 5.82. The predicted octanol–water partition coefficient (Wildman–Crippen LogP) is 3.01. The van der Waals surface area contributed by atoms with Gasteiger partial charge < -0.3 is 9.47 Å². The molecule has 114 valence electrons.